The predicted molar refractivity (Wildman–Crippen MR) is 200 cm³/mol. The SMILES string of the molecule is CCCCCCCCCCCC(=O)OCCOCCOCCOCCOCCOCCOCCOCCOCCOCCOCCOCCOCC(=O)O. The summed E-state index contributed by atoms with van der Waals surface area (Å²) >= 11 is 0. The van der Waals surface area contributed by atoms with Gasteiger partial charge in [-0.1, -0.05) is 58.3 Å². The maximum absolute atomic E-state index is 11.8. The van der Waals surface area contributed by atoms with Crippen LogP contribution in [0.5, 0.6) is 0 Å². The first-order chi connectivity index (χ1) is 26.7. The lowest BCUT2D eigenvalue weighted by atomic mass is 10.1. The van der Waals surface area contributed by atoms with Gasteiger partial charge in [-0.2, -0.15) is 0 Å². The Balaban J connectivity index is 3.11. The first kappa shape index (κ1) is 52.5. The van der Waals surface area contributed by atoms with E-state index in [1.54, 1.807) is 0 Å². The molecule has 0 aromatic rings. The molecule has 0 unspecified atom stereocenters. The van der Waals surface area contributed by atoms with Crippen molar-refractivity contribution in [2.75, 3.05) is 165 Å². The molecule has 0 aliphatic carbocycles. The van der Waals surface area contributed by atoms with E-state index in [9.17, 15) is 9.59 Å². The lowest BCUT2D eigenvalue weighted by molar-refractivity contribution is -0.145. The highest BCUT2D eigenvalue weighted by Crippen LogP contribution is 2.10. The van der Waals surface area contributed by atoms with Crippen LogP contribution in [0.2, 0.25) is 0 Å². The third-order valence-corrected chi connectivity index (χ3v) is 7.29. The maximum atomic E-state index is 11.8. The van der Waals surface area contributed by atoms with Gasteiger partial charge in [0.2, 0.25) is 0 Å². The van der Waals surface area contributed by atoms with Gasteiger partial charge in [0.15, 0.2) is 0 Å². The average molecular weight is 787 g/mol. The van der Waals surface area contributed by atoms with Gasteiger partial charge in [-0.05, 0) is 6.42 Å². The van der Waals surface area contributed by atoms with E-state index in [0.717, 1.165) is 12.8 Å². The highest BCUT2D eigenvalue weighted by molar-refractivity contribution is 5.69. The molecule has 1 N–H and O–H groups in total. The lowest BCUT2D eigenvalue weighted by Gasteiger charge is -2.09. The zero-order chi connectivity index (χ0) is 39.1. The summed E-state index contributed by atoms with van der Waals surface area (Å²) in [5, 5.41) is 8.44. The van der Waals surface area contributed by atoms with Crippen molar-refractivity contribution in [3.63, 3.8) is 0 Å². The smallest absolute Gasteiger partial charge is 0.329 e. The van der Waals surface area contributed by atoms with Gasteiger partial charge in [0.1, 0.15) is 13.2 Å². The van der Waals surface area contributed by atoms with Gasteiger partial charge in [-0.3, -0.25) is 4.79 Å². The van der Waals surface area contributed by atoms with Gasteiger partial charge in [-0.15, -0.1) is 0 Å². The fraction of sp³-hybridized carbons (Fsp3) is 0.947. The van der Waals surface area contributed by atoms with E-state index in [2.05, 4.69) is 6.92 Å². The minimum absolute atomic E-state index is 0.142. The normalized spacial score (nSPS) is 11.4. The monoisotopic (exact) mass is 786 g/mol. The van der Waals surface area contributed by atoms with E-state index < -0.39 is 5.97 Å². The second-order valence-corrected chi connectivity index (χ2v) is 12.0. The summed E-state index contributed by atoms with van der Waals surface area (Å²) in [6, 6.07) is 0. The summed E-state index contributed by atoms with van der Waals surface area (Å²) < 4.78 is 69.9. The standard InChI is InChI=1S/C38H74O16/c1-2-3-4-5-6-7-8-9-10-11-38(41)54-35-34-52-31-30-50-27-26-48-23-22-46-19-18-44-15-14-42-12-13-43-16-17-45-20-21-47-24-25-49-28-29-51-32-33-53-36-37(39)40/h2-36H2,1H3,(H,39,40). The first-order valence-corrected chi connectivity index (χ1v) is 20.0. The number of unbranched alkanes of at least 4 members (excludes halogenated alkanes) is 8. The zero-order valence-electron chi connectivity index (χ0n) is 33.3. The number of carbonyl (C=O) groups excluding carboxylic acids is 1. The molecule has 0 atom stereocenters. The largest absolute Gasteiger partial charge is 0.480 e. The Morgan fingerprint density at radius 2 is 0.574 bits per heavy atom. The molecule has 0 radical (unpaired) electrons. The molecule has 16 nitrogen and oxygen atoms in total. The summed E-state index contributed by atoms with van der Waals surface area (Å²) in [6.45, 7) is 12.5. The fourth-order valence-corrected chi connectivity index (χ4v) is 4.45. The van der Waals surface area contributed by atoms with Gasteiger partial charge >= 0.3 is 11.9 Å². The van der Waals surface area contributed by atoms with Gasteiger partial charge in [-0.25, -0.2) is 4.79 Å². The first-order valence-electron chi connectivity index (χ1n) is 20.0. The summed E-state index contributed by atoms with van der Waals surface area (Å²) in [7, 11) is 0. The van der Waals surface area contributed by atoms with Crippen molar-refractivity contribution in [3.05, 3.63) is 0 Å². The molecule has 0 aliphatic heterocycles. The highest BCUT2D eigenvalue weighted by atomic mass is 16.6. The summed E-state index contributed by atoms with van der Waals surface area (Å²) in [5.41, 5.74) is 0. The molecule has 0 amide bonds. The number of ether oxygens (including phenoxy) is 13. The molecule has 0 aliphatic rings. The molecular weight excluding hydrogens is 712 g/mol. The molecular formula is C38H74O16. The average Bonchev–Trinajstić information content (AvgIpc) is 3.16. The third-order valence-electron chi connectivity index (χ3n) is 7.29. The molecule has 0 rings (SSSR count). The Morgan fingerprint density at radius 3 is 0.852 bits per heavy atom. The van der Waals surface area contributed by atoms with E-state index in [1.807, 2.05) is 0 Å². The molecule has 0 aromatic carbocycles. The van der Waals surface area contributed by atoms with Gasteiger partial charge in [0.25, 0.3) is 0 Å². The topological polar surface area (TPSA) is 174 Å². The number of hydrogen-bond acceptors (Lipinski definition) is 15. The summed E-state index contributed by atoms with van der Waals surface area (Å²) in [4.78, 5) is 22.1. The molecule has 54 heavy (non-hydrogen) atoms. The van der Waals surface area contributed by atoms with Crippen LogP contribution < -0.4 is 0 Å². The number of hydrogen-bond donors (Lipinski definition) is 1. The Morgan fingerprint density at radius 1 is 0.333 bits per heavy atom. The van der Waals surface area contributed by atoms with Gasteiger partial charge in [0.05, 0.1) is 152 Å². The van der Waals surface area contributed by atoms with E-state index in [0.29, 0.717) is 152 Å². The Bertz CT molecular complexity index is 748. The van der Waals surface area contributed by atoms with Crippen LogP contribution in [-0.4, -0.2) is 182 Å². The van der Waals surface area contributed by atoms with Crippen molar-refractivity contribution < 1.29 is 76.3 Å². The van der Waals surface area contributed by atoms with Crippen molar-refractivity contribution in [1.82, 2.24) is 0 Å². The molecule has 0 spiro atoms. The van der Waals surface area contributed by atoms with E-state index in [-0.39, 0.29) is 25.8 Å². The van der Waals surface area contributed by atoms with E-state index >= 15 is 0 Å². The van der Waals surface area contributed by atoms with Crippen LogP contribution >= 0.6 is 0 Å². The second kappa shape index (κ2) is 47.6. The number of rotatable bonds is 48. The van der Waals surface area contributed by atoms with Crippen LogP contribution in [0.15, 0.2) is 0 Å². The van der Waals surface area contributed by atoms with Crippen molar-refractivity contribution in [3.8, 4) is 0 Å². The third kappa shape index (κ3) is 48.5. The van der Waals surface area contributed by atoms with Crippen LogP contribution in [0.3, 0.4) is 0 Å². The predicted octanol–water partition coefficient (Wildman–Crippen LogP) is 3.73. The lowest BCUT2D eigenvalue weighted by Crippen LogP contribution is -2.16. The van der Waals surface area contributed by atoms with Crippen LogP contribution in [0.25, 0.3) is 0 Å². The number of esters is 1. The number of carboxylic acid groups (broad SMARTS) is 1. The number of aliphatic carboxylic acids is 1. The minimum Gasteiger partial charge on any atom is -0.480 e. The van der Waals surface area contributed by atoms with Crippen LogP contribution in [-0.2, 0) is 71.2 Å². The molecule has 0 fully saturated rings. The molecule has 0 bridgehead atoms. The van der Waals surface area contributed by atoms with Crippen molar-refractivity contribution >= 4 is 11.9 Å². The van der Waals surface area contributed by atoms with E-state index in [1.165, 1.54) is 44.9 Å². The molecule has 16 heteroatoms. The number of carboxylic acids is 1. The Labute approximate surface area is 324 Å². The fourth-order valence-electron chi connectivity index (χ4n) is 4.45. The molecule has 0 saturated heterocycles. The minimum atomic E-state index is -0.998. The van der Waals surface area contributed by atoms with Crippen molar-refractivity contribution in [2.45, 2.75) is 71.1 Å². The quantitative estimate of drug-likeness (QED) is 0.0697. The zero-order valence-corrected chi connectivity index (χ0v) is 33.3. The summed E-state index contributed by atoms with van der Waals surface area (Å²) in [6.07, 6.45) is 11.5. The Kier molecular flexibility index (Phi) is 46.3. The molecule has 0 saturated carbocycles. The van der Waals surface area contributed by atoms with Crippen molar-refractivity contribution in [1.29, 1.82) is 0 Å². The second-order valence-electron chi connectivity index (χ2n) is 12.0. The number of carbonyl (C=O) groups is 2. The van der Waals surface area contributed by atoms with Crippen molar-refractivity contribution in [2.24, 2.45) is 0 Å². The molecule has 0 aromatic heterocycles. The van der Waals surface area contributed by atoms with Crippen LogP contribution in [0.1, 0.15) is 71.1 Å². The summed E-state index contributed by atoms with van der Waals surface area (Å²) in [5.74, 6) is -1.14. The maximum Gasteiger partial charge on any atom is 0.329 e. The molecule has 322 valence electrons. The van der Waals surface area contributed by atoms with Crippen LogP contribution in [0, 0.1) is 0 Å². The molecule has 0 heterocycles. The van der Waals surface area contributed by atoms with E-state index in [4.69, 9.17) is 66.7 Å². The van der Waals surface area contributed by atoms with Gasteiger partial charge in [0, 0.05) is 6.42 Å². The highest BCUT2D eigenvalue weighted by Gasteiger charge is 2.03. The van der Waals surface area contributed by atoms with Crippen LogP contribution in [0.4, 0.5) is 0 Å². The van der Waals surface area contributed by atoms with Gasteiger partial charge < -0.3 is 66.7 Å². The Hall–Kier alpha value is -1.54.